The standard InChI is InChI=1S/C20H22F2N2O3/c1-23(18-9-15(21)8-16(22)10-18)17-6-7-24(11-17)20(26)13-27-19-4-2-14(12-25)3-5-19/h2-5,8-10,17,25H,6-7,11-13H2,1H3. The Hall–Kier alpha value is -2.67. The van der Waals surface area contributed by atoms with Crippen LogP contribution in [0.1, 0.15) is 12.0 Å². The maximum Gasteiger partial charge on any atom is 0.260 e. The Morgan fingerprint density at radius 3 is 2.52 bits per heavy atom. The number of aliphatic hydroxyl groups is 1. The van der Waals surface area contributed by atoms with Gasteiger partial charge in [0.1, 0.15) is 17.4 Å². The molecule has 144 valence electrons. The van der Waals surface area contributed by atoms with E-state index in [9.17, 15) is 13.6 Å². The van der Waals surface area contributed by atoms with Crippen molar-refractivity contribution in [3.8, 4) is 5.75 Å². The minimum atomic E-state index is -0.622. The first-order valence-electron chi connectivity index (χ1n) is 8.75. The van der Waals surface area contributed by atoms with Gasteiger partial charge >= 0.3 is 0 Å². The van der Waals surface area contributed by atoms with Gasteiger partial charge in [-0.25, -0.2) is 8.78 Å². The van der Waals surface area contributed by atoms with Gasteiger partial charge in [0.2, 0.25) is 0 Å². The number of carbonyl (C=O) groups is 1. The molecule has 3 rings (SSSR count). The Morgan fingerprint density at radius 1 is 1.22 bits per heavy atom. The van der Waals surface area contributed by atoms with Crippen LogP contribution in [0.4, 0.5) is 14.5 Å². The van der Waals surface area contributed by atoms with Gasteiger partial charge in [-0.3, -0.25) is 4.79 Å². The van der Waals surface area contributed by atoms with E-state index in [0.717, 1.165) is 11.6 Å². The number of hydrogen-bond acceptors (Lipinski definition) is 4. The second-order valence-corrected chi connectivity index (χ2v) is 6.61. The number of likely N-dealkylation sites (N-methyl/N-ethyl adjacent to an activating group) is 1. The Morgan fingerprint density at radius 2 is 1.89 bits per heavy atom. The number of carbonyl (C=O) groups excluding carboxylic acids is 1. The van der Waals surface area contributed by atoms with Gasteiger partial charge in [0.15, 0.2) is 6.61 Å². The normalized spacial score (nSPS) is 16.4. The molecule has 1 N–H and O–H groups in total. The molecule has 0 saturated carbocycles. The van der Waals surface area contributed by atoms with Crippen LogP contribution in [-0.4, -0.2) is 48.7 Å². The van der Waals surface area contributed by atoms with E-state index in [2.05, 4.69) is 0 Å². The zero-order chi connectivity index (χ0) is 19.4. The van der Waals surface area contributed by atoms with E-state index in [0.29, 0.717) is 30.9 Å². The number of halogens is 2. The van der Waals surface area contributed by atoms with E-state index in [1.807, 2.05) is 0 Å². The lowest BCUT2D eigenvalue weighted by Crippen LogP contribution is -2.38. The van der Waals surface area contributed by atoms with Crippen molar-refractivity contribution >= 4 is 11.6 Å². The third-order valence-corrected chi connectivity index (χ3v) is 4.79. The number of likely N-dealkylation sites (tertiary alicyclic amines) is 1. The third-order valence-electron chi connectivity index (χ3n) is 4.79. The Kier molecular flexibility index (Phi) is 5.91. The van der Waals surface area contributed by atoms with Crippen LogP contribution in [0.5, 0.6) is 5.75 Å². The number of ether oxygens (including phenoxy) is 1. The molecule has 1 aliphatic heterocycles. The maximum absolute atomic E-state index is 13.4. The van der Waals surface area contributed by atoms with E-state index in [4.69, 9.17) is 9.84 Å². The summed E-state index contributed by atoms with van der Waals surface area (Å²) in [5.74, 6) is -0.821. The quantitative estimate of drug-likeness (QED) is 0.842. The summed E-state index contributed by atoms with van der Waals surface area (Å²) < 4.78 is 32.4. The predicted octanol–water partition coefficient (Wildman–Crippen LogP) is 2.57. The summed E-state index contributed by atoms with van der Waals surface area (Å²) in [7, 11) is 1.77. The van der Waals surface area contributed by atoms with Gasteiger partial charge in [-0.15, -0.1) is 0 Å². The molecule has 2 aromatic carbocycles. The molecule has 5 nitrogen and oxygen atoms in total. The van der Waals surface area contributed by atoms with Crippen LogP contribution >= 0.6 is 0 Å². The monoisotopic (exact) mass is 376 g/mol. The molecule has 0 aliphatic carbocycles. The average molecular weight is 376 g/mol. The van der Waals surface area contributed by atoms with Crippen molar-refractivity contribution in [2.24, 2.45) is 0 Å². The van der Waals surface area contributed by atoms with Crippen LogP contribution in [0.25, 0.3) is 0 Å². The van der Waals surface area contributed by atoms with Crippen LogP contribution in [0.15, 0.2) is 42.5 Å². The largest absolute Gasteiger partial charge is 0.484 e. The number of rotatable bonds is 6. The SMILES string of the molecule is CN(c1cc(F)cc(F)c1)C1CCN(C(=O)COc2ccc(CO)cc2)C1. The first-order chi connectivity index (χ1) is 13.0. The summed E-state index contributed by atoms with van der Waals surface area (Å²) >= 11 is 0. The molecule has 1 unspecified atom stereocenters. The van der Waals surface area contributed by atoms with Gasteiger partial charge in [0, 0.05) is 37.9 Å². The molecule has 0 aromatic heterocycles. The molecular weight excluding hydrogens is 354 g/mol. The average Bonchev–Trinajstić information content (AvgIpc) is 3.15. The molecule has 2 aromatic rings. The molecule has 0 radical (unpaired) electrons. The minimum absolute atomic E-state index is 0.0148. The summed E-state index contributed by atoms with van der Waals surface area (Å²) in [6.45, 7) is 0.916. The van der Waals surface area contributed by atoms with E-state index in [-0.39, 0.29) is 25.2 Å². The van der Waals surface area contributed by atoms with Crippen LogP contribution < -0.4 is 9.64 Å². The number of aliphatic hydroxyl groups excluding tert-OH is 1. The summed E-state index contributed by atoms with van der Waals surface area (Å²) in [5.41, 5.74) is 1.22. The smallest absolute Gasteiger partial charge is 0.260 e. The first-order valence-corrected chi connectivity index (χ1v) is 8.75. The zero-order valence-electron chi connectivity index (χ0n) is 15.1. The summed E-state index contributed by atoms with van der Waals surface area (Å²) in [6.07, 6.45) is 0.714. The molecule has 1 aliphatic rings. The van der Waals surface area contributed by atoms with E-state index < -0.39 is 11.6 Å². The molecule has 7 heteroatoms. The van der Waals surface area contributed by atoms with Crippen LogP contribution in [0, 0.1) is 11.6 Å². The Labute approximate surface area is 156 Å². The molecule has 27 heavy (non-hydrogen) atoms. The van der Waals surface area contributed by atoms with Crippen LogP contribution in [-0.2, 0) is 11.4 Å². The molecule has 0 bridgehead atoms. The zero-order valence-corrected chi connectivity index (χ0v) is 15.1. The van der Waals surface area contributed by atoms with Crippen molar-refractivity contribution < 1.29 is 23.4 Å². The van der Waals surface area contributed by atoms with Gasteiger partial charge in [0.05, 0.1) is 6.61 Å². The minimum Gasteiger partial charge on any atom is -0.484 e. The lowest BCUT2D eigenvalue weighted by molar-refractivity contribution is -0.132. The Balaban J connectivity index is 1.54. The second-order valence-electron chi connectivity index (χ2n) is 6.61. The Bertz CT molecular complexity index is 778. The lowest BCUT2D eigenvalue weighted by atomic mass is 10.2. The summed E-state index contributed by atoms with van der Waals surface area (Å²) in [5, 5.41) is 9.03. The molecule has 1 saturated heterocycles. The van der Waals surface area contributed by atoms with E-state index in [1.165, 1.54) is 12.1 Å². The number of amides is 1. The van der Waals surface area contributed by atoms with Crippen molar-refractivity contribution in [1.29, 1.82) is 0 Å². The lowest BCUT2D eigenvalue weighted by Gasteiger charge is -2.27. The van der Waals surface area contributed by atoms with Crippen molar-refractivity contribution in [3.05, 3.63) is 59.7 Å². The van der Waals surface area contributed by atoms with Crippen molar-refractivity contribution in [1.82, 2.24) is 4.90 Å². The summed E-state index contributed by atoms with van der Waals surface area (Å²) in [6, 6.07) is 10.3. The fourth-order valence-electron chi connectivity index (χ4n) is 3.17. The molecule has 1 fully saturated rings. The highest BCUT2D eigenvalue weighted by Gasteiger charge is 2.29. The highest BCUT2D eigenvalue weighted by molar-refractivity contribution is 5.78. The second kappa shape index (κ2) is 8.35. The maximum atomic E-state index is 13.4. The number of hydrogen-bond donors (Lipinski definition) is 1. The predicted molar refractivity (Wildman–Crippen MR) is 97.6 cm³/mol. The molecule has 1 amide bonds. The van der Waals surface area contributed by atoms with Gasteiger partial charge in [-0.05, 0) is 36.2 Å². The van der Waals surface area contributed by atoms with Crippen LogP contribution in [0.2, 0.25) is 0 Å². The molecular formula is C20H22F2N2O3. The van der Waals surface area contributed by atoms with Gasteiger partial charge < -0.3 is 19.6 Å². The third kappa shape index (κ3) is 4.74. The molecule has 1 atom stereocenters. The topological polar surface area (TPSA) is 53.0 Å². The summed E-state index contributed by atoms with van der Waals surface area (Å²) in [4.78, 5) is 15.9. The fourth-order valence-corrected chi connectivity index (χ4v) is 3.17. The number of benzene rings is 2. The van der Waals surface area contributed by atoms with E-state index >= 15 is 0 Å². The number of anilines is 1. The molecule has 1 heterocycles. The van der Waals surface area contributed by atoms with Gasteiger partial charge in [-0.1, -0.05) is 12.1 Å². The van der Waals surface area contributed by atoms with Gasteiger partial charge in [0.25, 0.3) is 5.91 Å². The van der Waals surface area contributed by atoms with E-state index in [1.54, 1.807) is 41.1 Å². The van der Waals surface area contributed by atoms with Crippen molar-refractivity contribution in [3.63, 3.8) is 0 Å². The first kappa shape index (κ1) is 19.1. The van der Waals surface area contributed by atoms with Crippen LogP contribution in [0.3, 0.4) is 0 Å². The van der Waals surface area contributed by atoms with Crippen molar-refractivity contribution in [2.45, 2.75) is 19.1 Å². The fraction of sp³-hybridized carbons (Fsp3) is 0.350. The van der Waals surface area contributed by atoms with Gasteiger partial charge in [-0.2, -0.15) is 0 Å². The number of nitrogens with zero attached hydrogens (tertiary/aromatic N) is 2. The highest BCUT2D eigenvalue weighted by Crippen LogP contribution is 2.23. The molecule has 0 spiro atoms. The van der Waals surface area contributed by atoms with Crippen molar-refractivity contribution in [2.75, 3.05) is 31.6 Å². The highest BCUT2D eigenvalue weighted by atomic mass is 19.1.